The summed E-state index contributed by atoms with van der Waals surface area (Å²) < 4.78 is 42.1. The van der Waals surface area contributed by atoms with Gasteiger partial charge in [0.1, 0.15) is 5.75 Å². The molecule has 0 spiro atoms. The van der Waals surface area contributed by atoms with Gasteiger partial charge in [-0.05, 0) is 54.7 Å². The first-order valence-electron chi connectivity index (χ1n) is 9.77. The summed E-state index contributed by atoms with van der Waals surface area (Å²) in [6, 6.07) is 15.9. The first kappa shape index (κ1) is 22.1. The number of sulfone groups is 1. The molecule has 3 rings (SSSR count). The molecule has 160 valence electrons. The average Bonchev–Trinajstić information content (AvgIpc) is 3.22. The van der Waals surface area contributed by atoms with Gasteiger partial charge in [0, 0.05) is 5.57 Å². The molecule has 0 saturated heterocycles. The number of carbonyl (C=O) groups is 1. The summed E-state index contributed by atoms with van der Waals surface area (Å²) in [4.78, 5) is 12.5. The van der Waals surface area contributed by atoms with E-state index in [1.54, 1.807) is 37.4 Å². The van der Waals surface area contributed by atoms with Crippen LogP contribution >= 0.6 is 0 Å². The van der Waals surface area contributed by atoms with E-state index in [0.29, 0.717) is 43.6 Å². The van der Waals surface area contributed by atoms with E-state index in [-0.39, 0.29) is 4.90 Å². The van der Waals surface area contributed by atoms with Gasteiger partial charge in [0.25, 0.3) is 0 Å². The fourth-order valence-corrected chi connectivity index (χ4v) is 5.61. The Morgan fingerprint density at radius 3 is 2.37 bits per heavy atom. The molecule has 1 atom stereocenters. The van der Waals surface area contributed by atoms with Crippen LogP contribution in [0.15, 0.2) is 70.6 Å². The Morgan fingerprint density at radius 1 is 1.03 bits per heavy atom. The van der Waals surface area contributed by atoms with Gasteiger partial charge in [0.05, 0.1) is 37.6 Å². The van der Waals surface area contributed by atoms with Gasteiger partial charge < -0.3 is 14.2 Å². The van der Waals surface area contributed by atoms with E-state index in [2.05, 4.69) is 0 Å². The lowest BCUT2D eigenvalue weighted by Gasteiger charge is -2.17. The molecular weight excluding hydrogens is 404 g/mol. The van der Waals surface area contributed by atoms with Gasteiger partial charge in [-0.3, -0.25) is 0 Å². The predicted octanol–water partition coefficient (Wildman–Crippen LogP) is 3.71. The summed E-state index contributed by atoms with van der Waals surface area (Å²) >= 11 is 0. The van der Waals surface area contributed by atoms with Gasteiger partial charge in [0.15, 0.2) is 9.84 Å². The van der Waals surface area contributed by atoms with Crippen LogP contribution in [0.3, 0.4) is 0 Å². The lowest BCUT2D eigenvalue weighted by Crippen LogP contribution is -2.22. The van der Waals surface area contributed by atoms with Crippen molar-refractivity contribution in [3.8, 4) is 5.75 Å². The second-order valence-electron chi connectivity index (χ2n) is 7.03. The number of hydrogen-bond acceptors (Lipinski definition) is 6. The van der Waals surface area contributed by atoms with Crippen molar-refractivity contribution in [2.45, 2.75) is 36.0 Å². The maximum atomic E-state index is 13.2. The Kier molecular flexibility index (Phi) is 7.29. The van der Waals surface area contributed by atoms with Gasteiger partial charge in [-0.1, -0.05) is 30.3 Å². The molecule has 2 aromatic rings. The minimum absolute atomic E-state index is 0.262. The number of benzene rings is 2. The highest BCUT2D eigenvalue weighted by molar-refractivity contribution is 7.92. The van der Waals surface area contributed by atoms with Gasteiger partial charge in [0.2, 0.25) is 0 Å². The molecule has 0 bridgehead atoms. The fourth-order valence-electron chi connectivity index (χ4n) is 3.68. The Balaban J connectivity index is 1.72. The van der Waals surface area contributed by atoms with Crippen LogP contribution in [-0.4, -0.2) is 40.5 Å². The smallest absolute Gasteiger partial charge is 0.333 e. The van der Waals surface area contributed by atoms with Gasteiger partial charge >= 0.3 is 5.97 Å². The molecule has 0 aromatic heterocycles. The number of esters is 1. The average molecular weight is 431 g/mol. The molecular formula is C23H26O6S. The normalized spacial score (nSPS) is 16.5. The number of ether oxygens (including phenoxy) is 3. The number of methoxy groups -OCH3 is 2. The maximum absolute atomic E-state index is 13.2. The highest BCUT2D eigenvalue weighted by atomic mass is 32.2. The molecule has 0 heterocycles. The highest BCUT2D eigenvalue weighted by Gasteiger charge is 2.38. The van der Waals surface area contributed by atoms with Crippen LogP contribution in [0.25, 0.3) is 0 Å². The molecule has 30 heavy (non-hydrogen) atoms. The molecule has 0 aliphatic heterocycles. The van der Waals surface area contributed by atoms with Crippen molar-refractivity contribution >= 4 is 15.8 Å². The fraction of sp³-hybridized carbons (Fsp3) is 0.348. The third-order valence-corrected chi connectivity index (χ3v) is 7.45. The van der Waals surface area contributed by atoms with Crippen LogP contribution in [0.2, 0.25) is 0 Å². The minimum Gasteiger partial charge on any atom is -0.497 e. The van der Waals surface area contributed by atoms with E-state index in [9.17, 15) is 13.2 Å². The van der Waals surface area contributed by atoms with Gasteiger partial charge in [-0.15, -0.1) is 0 Å². The van der Waals surface area contributed by atoms with Crippen molar-refractivity contribution in [3.05, 3.63) is 71.3 Å². The molecule has 0 N–H and O–H groups in total. The molecule has 6 nitrogen and oxygen atoms in total. The van der Waals surface area contributed by atoms with E-state index in [0.717, 1.165) is 11.3 Å². The molecule has 1 unspecified atom stereocenters. The summed E-state index contributed by atoms with van der Waals surface area (Å²) in [6.07, 6.45) is 1.12. The maximum Gasteiger partial charge on any atom is 0.333 e. The van der Waals surface area contributed by atoms with Crippen LogP contribution in [-0.2, 0) is 30.7 Å². The largest absolute Gasteiger partial charge is 0.497 e. The van der Waals surface area contributed by atoms with Crippen LogP contribution in [0, 0.1) is 0 Å². The highest BCUT2D eigenvalue weighted by Crippen LogP contribution is 2.37. The number of carbonyl (C=O) groups excluding carboxylic acids is 1. The van der Waals surface area contributed by atoms with Crippen molar-refractivity contribution in [3.63, 3.8) is 0 Å². The third kappa shape index (κ3) is 4.91. The monoisotopic (exact) mass is 430 g/mol. The second-order valence-corrected chi connectivity index (χ2v) is 9.16. The molecule has 0 radical (unpaired) electrons. The quantitative estimate of drug-likeness (QED) is 0.446. The predicted molar refractivity (Wildman–Crippen MR) is 113 cm³/mol. The van der Waals surface area contributed by atoms with Crippen LogP contribution in [0.1, 0.15) is 24.8 Å². The lowest BCUT2D eigenvalue weighted by atomic mass is 10.1. The van der Waals surface area contributed by atoms with Gasteiger partial charge in [-0.25, -0.2) is 13.2 Å². The zero-order chi connectivity index (χ0) is 21.6. The van der Waals surface area contributed by atoms with Crippen molar-refractivity contribution in [2.24, 2.45) is 0 Å². The van der Waals surface area contributed by atoms with Gasteiger partial charge in [-0.2, -0.15) is 0 Å². The Bertz CT molecular complexity index is 994. The summed E-state index contributed by atoms with van der Waals surface area (Å²) in [6.45, 7) is 0.698. The van der Waals surface area contributed by atoms with Crippen molar-refractivity contribution in [2.75, 3.05) is 20.8 Å². The Morgan fingerprint density at radius 2 is 1.73 bits per heavy atom. The van der Waals surface area contributed by atoms with E-state index in [4.69, 9.17) is 14.2 Å². The van der Waals surface area contributed by atoms with E-state index >= 15 is 0 Å². The Hall–Kier alpha value is -2.64. The molecule has 0 fully saturated rings. The zero-order valence-electron chi connectivity index (χ0n) is 17.2. The van der Waals surface area contributed by atoms with Crippen LogP contribution in [0.5, 0.6) is 5.75 Å². The molecule has 0 saturated carbocycles. The van der Waals surface area contributed by atoms with Crippen molar-refractivity contribution in [1.29, 1.82) is 0 Å². The van der Waals surface area contributed by atoms with Crippen LogP contribution < -0.4 is 4.74 Å². The van der Waals surface area contributed by atoms with E-state index < -0.39 is 21.1 Å². The SMILES string of the molecule is COC(=O)C1=C(CCOCc2ccc(OC)cc2)C(S(=O)(=O)c2ccccc2)CC1. The molecule has 1 aliphatic rings. The van der Waals surface area contributed by atoms with Crippen LogP contribution in [0.4, 0.5) is 0 Å². The minimum atomic E-state index is -3.59. The van der Waals surface area contributed by atoms with E-state index in [1.165, 1.54) is 7.11 Å². The number of rotatable bonds is 9. The van der Waals surface area contributed by atoms with Crippen molar-refractivity contribution in [1.82, 2.24) is 0 Å². The first-order chi connectivity index (χ1) is 14.5. The zero-order valence-corrected chi connectivity index (χ0v) is 18.0. The third-order valence-electron chi connectivity index (χ3n) is 5.25. The number of hydrogen-bond donors (Lipinski definition) is 0. The molecule has 7 heteroatoms. The molecule has 2 aromatic carbocycles. The molecule has 0 amide bonds. The van der Waals surface area contributed by atoms with E-state index in [1.807, 2.05) is 24.3 Å². The lowest BCUT2D eigenvalue weighted by molar-refractivity contribution is -0.136. The second kappa shape index (κ2) is 9.91. The first-order valence-corrected chi connectivity index (χ1v) is 11.3. The summed E-state index contributed by atoms with van der Waals surface area (Å²) in [7, 11) is -0.672. The summed E-state index contributed by atoms with van der Waals surface area (Å²) in [5.41, 5.74) is 2.04. The topological polar surface area (TPSA) is 78.9 Å². The standard InChI is InChI=1S/C23H26O6S/c1-27-18-10-8-17(9-11-18)16-29-15-14-20-21(23(24)28-2)12-13-22(20)30(25,26)19-6-4-3-5-7-19/h3-11,22H,12-16H2,1-2H3. The summed E-state index contributed by atoms with van der Waals surface area (Å²) in [5.74, 6) is 0.303. The van der Waals surface area contributed by atoms with Crippen molar-refractivity contribution < 1.29 is 27.4 Å². The molecule has 1 aliphatic carbocycles. The Labute approximate surface area is 177 Å². The summed E-state index contributed by atoms with van der Waals surface area (Å²) in [5, 5.41) is -0.737.